The summed E-state index contributed by atoms with van der Waals surface area (Å²) in [6.07, 6.45) is 4.64. The first kappa shape index (κ1) is 36.9. The van der Waals surface area contributed by atoms with Crippen LogP contribution in [0.1, 0.15) is 118 Å². The number of benzene rings is 4. The van der Waals surface area contributed by atoms with Crippen molar-refractivity contribution < 1.29 is 19.3 Å². The van der Waals surface area contributed by atoms with Crippen LogP contribution in [0.5, 0.6) is 0 Å². The van der Waals surface area contributed by atoms with Crippen LogP contribution in [0.25, 0.3) is 0 Å². The lowest BCUT2D eigenvalue weighted by molar-refractivity contribution is 0.0999. The van der Waals surface area contributed by atoms with E-state index >= 15 is 4.79 Å². The minimum absolute atomic E-state index is 0.0440. The fourth-order valence-electron chi connectivity index (χ4n) is 11.2. The van der Waals surface area contributed by atoms with Gasteiger partial charge in [0.05, 0.1) is 39.6 Å². The maximum absolute atomic E-state index is 15.0. The second-order valence-corrected chi connectivity index (χ2v) is 17.8. The van der Waals surface area contributed by atoms with Gasteiger partial charge in [-0.1, -0.05) is 50.2 Å². The van der Waals surface area contributed by atoms with E-state index in [1.54, 1.807) is 0 Å². The number of carbonyl (C=O) groups excluding carboxylic acids is 2. The van der Waals surface area contributed by atoms with Crippen LogP contribution >= 0.6 is 0 Å². The van der Waals surface area contributed by atoms with Crippen molar-refractivity contribution >= 4 is 45.7 Å². The third-order valence-electron chi connectivity index (χ3n) is 14.4. The SMILES string of the molecule is CCNc1cc(N2CCCC(Cc3ccc4c(c3)C(=O)c3c(N5CCC(C)CC5)cc(N5CCN(CC)CC5)c5c3C4ON5)C2)c2c3c1C(=O)c1ccccc1C3ON2. The Bertz CT molecular complexity index is 2360. The fraction of sp³-hybridized carbons (Fsp3) is 0.458. The molecule has 0 amide bonds. The zero-order valence-corrected chi connectivity index (χ0v) is 34.5. The molecule has 4 aromatic rings. The first-order valence-corrected chi connectivity index (χ1v) is 22.2. The number of anilines is 6. The summed E-state index contributed by atoms with van der Waals surface area (Å²) < 4.78 is 0. The highest BCUT2D eigenvalue weighted by Gasteiger charge is 2.44. The topological polar surface area (TPSA) is 102 Å². The molecule has 3 fully saturated rings. The molecule has 4 aromatic carbocycles. The highest BCUT2D eigenvalue weighted by molar-refractivity contribution is 6.19. The van der Waals surface area contributed by atoms with Gasteiger partial charge in [-0.3, -0.25) is 30.2 Å². The molecule has 3 atom stereocenters. The molecule has 3 N–H and O–H groups in total. The van der Waals surface area contributed by atoms with Gasteiger partial charge in [0.1, 0.15) is 12.2 Å². The molecule has 3 saturated heterocycles. The highest BCUT2D eigenvalue weighted by Crippen LogP contribution is 2.54. The van der Waals surface area contributed by atoms with Crippen LogP contribution in [-0.2, 0) is 16.1 Å². The number of piperidine rings is 2. The Hall–Kier alpha value is -5.10. The molecule has 5 heterocycles. The normalized spacial score (nSPS) is 23.4. The predicted octanol–water partition coefficient (Wildman–Crippen LogP) is 7.94. The Morgan fingerprint density at radius 3 is 2.12 bits per heavy atom. The van der Waals surface area contributed by atoms with Crippen molar-refractivity contribution in [2.45, 2.75) is 65.1 Å². The van der Waals surface area contributed by atoms with E-state index < -0.39 is 0 Å². The van der Waals surface area contributed by atoms with E-state index in [4.69, 9.17) is 9.68 Å². The zero-order valence-electron chi connectivity index (χ0n) is 34.5. The van der Waals surface area contributed by atoms with Crippen LogP contribution in [0.2, 0.25) is 0 Å². The number of hydrogen-bond donors (Lipinski definition) is 3. The molecule has 11 nitrogen and oxygen atoms in total. The van der Waals surface area contributed by atoms with Gasteiger partial charge in [-0.05, 0) is 92.3 Å². The van der Waals surface area contributed by atoms with Gasteiger partial charge in [-0.25, -0.2) is 0 Å². The second-order valence-electron chi connectivity index (χ2n) is 17.8. The number of fused-ring (bicyclic) bond motifs is 4. The van der Waals surface area contributed by atoms with Crippen LogP contribution in [-0.4, -0.2) is 81.9 Å². The van der Waals surface area contributed by atoms with E-state index in [9.17, 15) is 4.79 Å². The number of hydrogen-bond acceptors (Lipinski definition) is 11. The first-order chi connectivity index (χ1) is 28.9. The van der Waals surface area contributed by atoms with Crippen LogP contribution in [0.4, 0.5) is 34.1 Å². The molecule has 11 heteroatoms. The molecule has 0 bridgehead atoms. The summed E-state index contributed by atoms with van der Waals surface area (Å²) in [5, 5.41) is 3.52. The Morgan fingerprint density at radius 2 is 1.37 bits per heavy atom. The Morgan fingerprint density at radius 1 is 0.695 bits per heavy atom. The molecular weight excluding hydrogens is 739 g/mol. The van der Waals surface area contributed by atoms with E-state index in [2.05, 4.69) is 87.0 Å². The van der Waals surface area contributed by atoms with Crippen molar-refractivity contribution in [3.8, 4) is 0 Å². The van der Waals surface area contributed by atoms with Gasteiger partial charge < -0.3 is 24.9 Å². The molecule has 306 valence electrons. The van der Waals surface area contributed by atoms with Crippen molar-refractivity contribution in [3.05, 3.63) is 105 Å². The van der Waals surface area contributed by atoms with Gasteiger partial charge in [0.25, 0.3) is 0 Å². The predicted molar refractivity (Wildman–Crippen MR) is 233 cm³/mol. The highest BCUT2D eigenvalue weighted by atomic mass is 16.7. The van der Waals surface area contributed by atoms with Crippen LogP contribution < -0.4 is 31.0 Å². The van der Waals surface area contributed by atoms with Crippen LogP contribution in [0.15, 0.2) is 54.6 Å². The van der Waals surface area contributed by atoms with Gasteiger partial charge in [0, 0.05) is 86.8 Å². The van der Waals surface area contributed by atoms with Crippen molar-refractivity contribution in [1.82, 2.24) is 4.90 Å². The molecule has 0 aromatic heterocycles. The summed E-state index contributed by atoms with van der Waals surface area (Å²) in [5.41, 5.74) is 20.7. The number of nitrogens with one attached hydrogen (secondary N) is 3. The summed E-state index contributed by atoms with van der Waals surface area (Å²) in [7, 11) is 0. The average Bonchev–Trinajstić information content (AvgIpc) is 3.92. The monoisotopic (exact) mass is 793 g/mol. The lowest BCUT2D eigenvalue weighted by Crippen LogP contribution is -2.46. The van der Waals surface area contributed by atoms with Crippen LogP contribution in [0.3, 0.4) is 0 Å². The Labute approximate surface area is 346 Å². The van der Waals surface area contributed by atoms with Gasteiger partial charge >= 0.3 is 0 Å². The van der Waals surface area contributed by atoms with E-state index in [-0.39, 0.29) is 23.8 Å². The maximum Gasteiger partial charge on any atom is 0.195 e. The molecule has 0 spiro atoms. The number of likely N-dealkylation sites (N-methyl/N-ethyl adjacent to an activating group) is 1. The van der Waals surface area contributed by atoms with E-state index in [0.717, 1.165) is 159 Å². The van der Waals surface area contributed by atoms with Gasteiger partial charge in [0.15, 0.2) is 11.6 Å². The number of rotatable bonds is 8. The number of carbonyl (C=O) groups is 2. The molecule has 3 unspecified atom stereocenters. The van der Waals surface area contributed by atoms with Gasteiger partial charge in [-0.2, -0.15) is 0 Å². The summed E-state index contributed by atoms with van der Waals surface area (Å²) in [6.45, 7) is 16.1. The molecule has 11 rings (SSSR count). The van der Waals surface area contributed by atoms with E-state index in [1.165, 1.54) is 5.56 Å². The molecule has 2 aliphatic carbocycles. The summed E-state index contributed by atoms with van der Waals surface area (Å²) >= 11 is 0. The zero-order chi connectivity index (χ0) is 39.9. The number of nitrogens with zero attached hydrogens (tertiary/aromatic N) is 4. The number of ketones is 2. The average molecular weight is 794 g/mol. The standard InChI is InChI=1S/C48H55N7O4/c1-4-49-35-25-37(43-41-39(35)45(56)31-10-6-7-11-32(31)47(41)58-50-43)55-16-8-9-30(27-55)23-29-12-13-33-34(24-29)46(57)40-36(53-17-14-28(3)15-18-53)26-38(44-42(40)48(33)59-51-44)54-21-19-52(5-2)20-22-54/h6-7,10-13,24-26,28,30,47-51H,4-5,8-9,14-23,27H2,1-3H3. The van der Waals surface area contributed by atoms with Gasteiger partial charge in [-0.15, -0.1) is 0 Å². The quantitative estimate of drug-likeness (QED) is 0.162. The van der Waals surface area contributed by atoms with E-state index in [1.807, 2.05) is 24.3 Å². The maximum atomic E-state index is 15.0. The molecule has 0 saturated carbocycles. The molecule has 0 radical (unpaired) electrons. The van der Waals surface area contributed by atoms with Crippen molar-refractivity contribution in [1.29, 1.82) is 0 Å². The fourth-order valence-corrected chi connectivity index (χ4v) is 11.2. The van der Waals surface area contributed by atoms with Crippen LogP contribution in [0, 0.1) is 11.8 Å². The Balaban J connectivity index is 0.897. The molecule has 59 heavy (non-hydrogen) atoms. The third-order valence-corrected chi connectivity index (χ3v) is 14.4. The Kier molecular flexibility index (Phi) is 9.12. The summed E-state index contributed by atoms with van der Waals surface area (Å²) in [6, 6.07) is 18.8. The largest absolute Gasteiger partial charge is 0.385 e. The van der Waals surface area contributed by atoms with E-state index in [0.29, 0.717) is 29.5 Å². The smallest absolute Gasteiger partial charge is 0.195 e. The van der Waals surface area contributed by atoms with Crippen molar-refractivity contribution in [2.75, 3.05) is 96.4 Å². The molecule has 5 aliphatic heterocycles. The summed E-state index contributed by atoms with van der Waals surface area (Å²) in [5.74, 6) is 1.24. The van der Waals surface area contributed by atoms with Gasteiger partial charge in [0.2, 0.25) is 0 Å². The van der Waals surface area contributed by atoms with Crippen molar-refractivity contribution in [2.24, 2.45) is 11.8 Å². The minimum atomic E-state index is -0.331. The lowest BCUT2D eigenvalue weighted by atomic mass is 9.79. The lowest BCUT2D eigenvalue weighted by Gasteiger charge is -2.39. The second kappa shape index (κ2) is 14.6. The third kappa shape index (κ3) is 5.94. The molecular formula is C48H55N7O4. The molecule has 7 aliphatic rings. The number of piperazine rings is 1. The first-order valence-electron chi connectivity index (χ1n) is 22.2. The minimum Gasteiger partial charge on any atom is -0.385 e. The van der Waals surface area contributed by atoms with Crippen molar-refractivity contribution in [3.63, 3.8) is 0 Å². The summed E-state index contributed by atoms with van der Waals surface area (Å²) in [4.78, 5) is 51.6.